The van der Waals surface area contributed by atoms with Gasteiger partial charge in [0.25, 0.3) is 5.91 Å². The average molecular weight is 333 g/mol. The van der Waals surface area contributed by atoms with Crippen LogP contribution in [0, 0.1) is 0 Å². The van der Waals surface area contributed by atoms with E-state index in [4.69, 9.17) is 9.47 Å². The van der Waals surface area contributed by atoms with Crippen LogP contribution in [-0.4, -0.2) is 66.4 Å². The number of hydrazine groups is 1. The van der Waals surface area contributed by atoms with Gasteiger partial charge in [0.1, 0.15) is 6.10 Å². The Labute approximate surface area is 141 Å². The molecule has 2 heterocycles. The van der Waals surface area contributed by atoms with E-state index >= 15 is 0 Å². The lowest BCUT2D eigenvalue weighted by molar-refractivity contribution is -0.0746. The van der Waals surface area contributed by atoms with Gasteiger partial charge in [-0.2, -0.15) is 0 Å². The molecule has 0 saturated carbocycles. The van der Waals surface area contributed by atoms with Crippen LogP contribution in [0.2, 0.25) is 0 Å². The summed E-state index contributed by atoms with van der Waals surface area (Å²) in [5.41, 5.74) is 3.11. The van der Waals surface area contributed by atoms with Crippen LogP contribution >= 0.6 is 0 Å². The molecule has 1 N–H and O–H groups in total. The van der Waals surface area contributed by atoms with Gasteiger partial charge < -0.3 is 9.47 Å². The lowest BCUT2D eigenvalue weighted by Crippen LogP contribution is -2.49. The standard InChI is InChI=1S/C17H23N3O4/c1-12-8-19(9-13(2)23-12)10-15-11-20(17(22)24-15)18-16(21)14-6-4-3-5-7-14/h3-7,12-13,15H,8-11H2,1-2H3,(H,18,21)/t12-,13+,15-/m1/s1. The SMILES string of the molecule is C[C@@H]1CN(C[C@@H]2CN(NC(=O)c3ccccc3)C(=O)O2)C[C@H](C)O1. The first-order chi connectivity index (χ1) is 11.5. The minimum atomic E-state index is -0.515. The van der Waals surface area contributed by atoms with E-state index < -0.39 is 6.09 Å². The molecule has 1 aromatic rings. The number of carbonyl (C=O) groups excluding carboxylic acids is 2. The second kappa shape index (κ2) is 7.19. The van der Waals surface area contributed by atoms with E-state index in [9.17, 15) is 9.59 Å². The molecule has 1 aromatic carbocycles. The van der Waals surface area contributed by atoms with Gasteiger partial charge >= 0.3 is 6.09 Å². The van der Waals surface area contributed by atoms with Crippen molar-refractivity contribution >= 4 is 12.0 Å². The molecule has 0 aromatic heterocycles. The summed E-state index contributed by atoms with van der Waals surface area (Å²) in [6, 6.07) is 8.79. The first-order valence-electron chi connectivity index (χ1n) is 8.23. The van der Waals surface area contributed by atoms with Crippen molar-refractivity contribution < 1.29 is 19.1 Å². The molecular formula is C17H23N3O4. The molecule has 7 heteroatoms. The maximum atomic E-state index is 12.1. The highest BCUT2D eigenvalue weighted by atomic mass is 16.6. The molecule has 0 unspecified atom stereocenters. The summed E-state index contributed by atoms with van der Waals surface area (Å²) < 4.78 is 11.1. The predicted octanol–water partition coefficient (Wildman–Crippen LogP) is 1.26. The number of cyclic esters (lactones) is 1. The van der Waals surface area contributed by atoms with Crippen LogP contribution in [0.5, 0.6) is 0 Å². The maximum absolute atomic E-state index is 12.1. The van der Waals surface area contributed by atoms with Gasteiger partial charge in [0.05, 0.1) is 18.8 Å². The van der Waals surface area contributed by atoms with E-state index in [0.29, 0.717) is 18.7 Å². The second-order valence-electron chi connectivity index (χ2n) is 6.40. The Balaban J connectivity index is 1.53. The number of morpholine rings is 1. The first-order valence-corrected chi connectivity index (χ1v) is 8.23. The van der Waals surface area contributed by atoms with E-state index in [1.54, 1.807) is 24.3 Å². The molecule has 3 rings (SSSR count). The molecule has 0 aliphatic carbocycles. The molecule has 2 amide bonds. The van der Waals surface area contributed by atoms with Crippen molar-refractivity contribution in [1.82, 2.24) is 15.3 Å². The van der Waals surface area contributed by atoms with Gasteiger partial charge in [-0.3, -0.25) is 15.1 Å². The van der Waals surface area contributed by atoms with Crippen molar-refractivity contribution in [2.45, 2.75) is 32.2 Å². The largest absolute Gasteiger partial charge is 0.442 e. The molecule has 2 aliphatic rings. The molecule has 2 saturated heterocycles. The fourth-order valence-corrected chi connectivity index (χ4v) is 3.21. The van der Waals surface area contributed by atoms with Crippen LogP contribution in [0.4, 0.5) is 4.79 Å². The Bertz CT molecular complexity index is 585. The zero-order chi connectivity index (χ0) is 17.1. The normalized spacial score (nSPS) is 27.8. The average Bonchev–Trinajstić information content (AvgIpc) is 2.86. The molecule has 3 atom stereocenters. The van der Waals surface area contributed by atoms with E-state index in [1.807, 2.05) is 19.9 Å². The molecule has 0 radical (unpaired) electrons. The van der Waals surface area contributed by atoms with Crippen LogP contribution in [0.25, 0.3) is 0 Å². The van der Waals surface area contributed by atoms with E-state index in [1.165, 1.54) is 5.01 Å². The van der Waals surface area contributed by atoms with Gasteiger partial charge in [-0.25, -0.2) is 9.80 Å². The molecule has 7 nitrogen and oxygen atoms in total. The zero-order valence-electron chi connectivity index (χ0n) is 14.0. The monoisotopic (exact) mass is 333 g/mol. The highest BCUT2D eigenvalue weighted by molar-refractivity contribution is 5.95. The number of hydrogen-bond donors (Lipinski definition) is 1. The number of ether oxygens (including phenoxy) is 2. The van der Waals surface area contributed by atoms with Crippen LogP contribution in [0.3, 0.4) is 0 Å². The number of benzene rings is 1. The summed E-state index contributed by atoms with van der Waals surface area (Å²) in [4.78, 5) is 26.3. The number of carbonyl (C=O) groups is 2. The molecule has 0 bridgehead atoms. The Morgan fingerprint density at radius 2 is 1.83 bits per heavy atom. The van der Waals surface area contributed by atoms with Crippen LogP contribution in [0.15, 0.2) is 30.3 Å². The Morgan fingerprint density at radius 3 is 2.50 bits per heavy atom. The summed E-state index contributed by atoms with van der Waals surface area (Å²) in [6.07, 6.45) is -0.441. The minimum absolute atomic E-state index is 0.166. The van der Waals surface area contributed by atoms with Gasteiger partial charge in [-0.1, -0.05) is 18.2 Å². The van der Waals surface area contributed by atoms with Crippen LogP contribution in [-0.2, 0) is 9.47 Å². The predicted molar refractivity (Wildman–Crippen MR) is 87.3 cm³/mol. The number of nitrogens with one attached hydrogen (secondary N) is 1. The third-order valence-corrected chi connectivity index (χ3v) is 4.10. The van der Waals surface area contributed by atoms with Gasteiger partial charge in [-0.05, 0) is 26.0 Å². The fraction of sp³-hybridized carbons (Fsp3) is 0.529. The van der Waals surface area contributed by atoms with Crippen LogP contribution < -0.4 is 5.43 Å². The lowest BCUT2D eigenvalue weighted by atomic mass is 10.2. The van der Waals surface area contributed by atoms with E-state index in [-0.39, 0.29) is 24.2 Å². The molecule has 0 spiro atoms. The van der Waals surface area contributed by atoms with Gasteiger partial charge in [0.2, 0.25) is 0 Å². The summed E-state index contributed by atoms with van der Waals surface area (Å²) in [5.74, 6) is -0.318. The summed E-state index contributed by atoms with van der Waals surface area (Å²) in [5, 5.41) is 1.24. The van der Waals surface area contributed by atoms with E-state index in [2.05, 4.69) is 10.3 Å². The Morgan fingerprint density at radius 1 is 1.17 bits per heavy atom. The summed E-state index contributed by atoms with van der Waals surface area (Å²) in [7, 11) is 0. The summed E-state index contributed by atoms with van der Waals surface area (Å²) >= 11 is 0. The lowest BCUT2D eigenvalue weighted by Gasteiger charge is -2.36. The van der Waals surface area contributed by atoms with Crippen LogP contribution in [0.1, 0.15) is 24.2 Å². The maximum Gasteiger partial charge on any atom is 0.429 e. The number of amides is 2. The smallest absolute Gasteiger partial charge is 0.429 e. The highest BCUT2D eigenvalue weighted by Crippen LogP contribution is 2.15. The second-order valence-corrected chi connectivity index (χ2v) is 6.40. The number of rotatable bonds is 4. The zero-order valence-corrected chi connectivity index (χ0v) is 14.0. The van der Waals surface area contributed by atoms with Gasteiger partial charge in [0.15, 0.2) is 0 Å². The highest BCUT2D eigenvalue weighted by Gasteiger charge is 2.35. The van der Waals surface area contributed by atoms with Gasteiger partial charge in [0, 0.05) is 25.2 Å². The van der Waals surface area contributed by atoms with Crippen molar-refractivity contribution in [3.8, 4) is 0 Å². The third kappa shape index (κ3) is 4.04. The number of nitrogens with zero attached hydrogens (tertiary/aromatic N) is 2. The third-order valence-electron chi connectivity index (χ3n) is 4.10. The molecule has 2 aliphatic heterocycles. The summed E-state index contributed by atoms with van der Waals surface area (Å²) in [6.45, 7) is 6.69. The van der Waals surface area contributed by atoms with Crippen molar-refractivity contribution in [2.75, 3.05) is 26.2 Å². The van der Waals surface area contributed by atoms with Crippen molar-refractivity contribution in [3.05, 3.63) is 35.9 Å². The van der Waals surface area contributed by atoms with Gasteiger partial charge in [-0.15, -0.1) is 0 Å². The minimum Gasteiger partial charge on any atom is -0.442 e. The molecular weight excluding hydrogens is 310 g/mol. The Hall–Kier alpha value is -2.12. The molecule has 24 heavy (non-hydrogen) atoms. The van der Waals surface area contributed by atoms with E-state index in [0.717, 1.165) is 13.1 Å². The molecule has 130 valence electrons. The molecule has 2 fully saturated rings. The van der Waals surface area contributed by atoms with Crippen molar-refractivity contribution in [3.63, 3.8) is 0 Å². The number of hydrogen-bond acceptors (Lipinski definition) is 5. The van der Waals surface area contributed by atoms with Crippen molar-refractivity contribution in [2.24, 2.45) is 0 Å². The Kier molecular flexibility index (Phi) is 5.01. The first kappa shape index (κ1) is 16.7. The quantitative estimate of drug-likeness (QED) is 0.898. The topological polar surface area (TPSA) is 71.1 Å². The fourth-order valence-electron chi connectivity index (χ4n) is 3.21. The van der Waals surface area contributed by atoms with Crippen molar-refractivity contribution in [1.29, 1.82) is 0 Å².